The number of carboxylic acid groups (broad SMARTS) is 1. The second kappa shape index (κ2) is 3.70. The van der Waals surface area contributed by atoms with Gasteiger partial charge in [-0.15, -0.1) is 5.10 Å². The van der Waals surface area contributed by atoms with Crippen molar-refractivity contribution in [1.82, 2.24) is 15.0 Å². The summed E-state index contributed by atoms with van der Waals surface area (Å²) in [5, 5.41) is 16.7. The molecule has 76 valence electrons. The Hall–Kier alpha value is -1.88. The van der Waals surface area contributed by atoms with E-state index in [2.05, 4.69) is 10.3 Å². The molecule has 0 saturated carbocycles. The van der Waals surface area contributed by atoms with E-state index in [4.69, 9.17) is 16.7 Å². The average molecular weight is 224 g/mol. The molecule has 1 N–H and O–H groups in total. The lowest BCUT2D eigenvalue weighted by molar-refractivity contribution is 0.0696. The van der Waals surface area contributed by atoms with E-state index in [1.807, 2.05) is 0 Å². The molecule has 0 spiro atoms. The van der Waals surface area contributed by atoms with Gasteiger partial charge in [0, 0.05) is 5.02 Å². The lowest BCUT2D eigenvalue weighted by Gasteiger charge is -2.05. The summed E-state index contributed by atoms with van der Waals surface area (Å²) in [5.74, 6) is -1.03. The molecular formula is C9H6ClN3O2. The van der Waals surface area contributed by atoms with Crippen molar-refractivity contribution in [1.29, 1.82) is 0 Å². The van der Waals surface area contributed by atoms with Gasteiger partial charge in [-0.3, -0.25) is 0 Å². The van der Waals surface area contributed by atoms with Crippen molar-refractivity contribution in [3.8, 4) is 5.69 Å². The normalized spacial score (nSPS) is 10.2. The quantitative estimate of drug-likeness (QED) is 0.840. The van der Waals surface area contributed by atoms with E-state index < -0.39 is 5.97 Å². The number of carboxylic acids is 1. The minimum absolute atomic E-state index is 0.130. The molecule has 0 saturated heterocycles. The third kappa shape index (κ3) is 1.82. The van der Waals surface area contributed by atoms with E-state index in [-0.39, 0.29) is 5.56 Å². The lowest BCUT2D eigenvalue weighted by atomic mass is 10.2. The Kier molecular flexibility index (Phi) is 2.39. The van der Waals surface area contributed by atoms with Gasteiger partial charge in [-0.05, 0) is 18.2 Å². The molecule has 1 heterocycles. The van der Waals surface area contributed by atoms with E-state index in [9.17, 15) is 4.79 Å². The zero-order valence-corrected chi connectivity index (χ0v) is 8.22. The maximum Gasteiger partial charge on any atom is 0.337 e. The summed E-state index contributed by atoms with van der Waals surface area (Å²) in [6.45, 7) is 0. The molecule has 6 heteroatoms. The monoisotopic (exact) mass is 223 g/mol. The Morgan fingerprint density at radius 3 is 2.87 bits per heavy atom. The van der Waals surface area contributed by atoms with Crippen LogP contribution in [0.2, 0.25) is 5.02 Å². The van der Waals surface area contributed by atoms with Crippen LogP contribution >= 0.6 is 11.6 Å². The Morgan fingerprint density at radius 2 is 2.27 bits per heavy atom. The van der Waals surface area contributed by atoms with E-state index >= 15 is 0 Å². The van der Waals surface area contributed by atoms with Crippen molar-refractivity contribution in [3.63, 3.8) is 0 Å². The highest BCUT2D eigenvalue weighted by molar-refractivity contribution is 6.30. The number of halogens is 1. The molecule has 15 heavy (non-hydrogen) atoms. The van der Waals surface area contributed by atoms with Crippen LogP contribution in [-0.4, -0.2) is 26.1 Å². The number of hydrogen-bond acceptors (Lipinski definition) is 3. The predicted octanol–water partition coefficient (Wildman–Crippen LogP) is 1.62. The Morgan fingerprint density at radius 1 is 1.47 bits per heavy atom. The van der Waals surface area contributed by atoms with E-state index in [0.29, 0.717) is 10.7 Å². The smallest absolute Gasteiger partial charge is 0.337 e. The van der Waals surface area contributed by atoms with Gasteiger partial charge in [-0.2, -0.15) is 0 Å². The summed E-state index contributed by atoms with van der Waals surface area (Å²) in [4.78, 5) is 10.9. The highest BCUT2D eigenvalue weighted by atomic mass is 35.5. The standard InChI is InChI=1S/C9H6ClN3O2/c10-6-1-2-7(9(14)15)8(5-6)13-4-3-11-12-13/h1-5H,(H,14,15). The summed E-state index contributed by atoms with van der Waals surface area (Å²) in [5.41, 5.74) is 0.525. The highest BCUT2D eigenvalue weighted by Gasteiger charge is 2.12. The Labute approximate surface area is 89.9 Å². The minimum atomic E-state index is -1.03. The van der Waals surface area contributed by atoms with Crippen LogP contribution in [0.15, 0.2) is 30.6 Å². The molecule has 0 aliphatic carbocycles. The molecule has 1 aromatic carbocycles. The molecule has 0 aliphatic rings. The summed E-state index contributed by atoms with van der Waals surface area (Å²) in [7, 11) is 0. The second-order valence-electron chi connectivity index (χ2n) is 2.81. The first-order valence-corrected chi connectivity index (χ1v) is 4.46. The van der Waals surface area contributed by atoms with Crippen molar-refractivity contribution in [2.75, 3.05) is 0 Å². The molecule has 0 fully saturated rings. The fourth-order valence-electron chi connectivity index (χ4n) is 1.21. The van der Waals surface area contributed by atoms with Crippen LogP contribution in [-0.2, 0) is 0 Å². The first-order chi connectivity index (χ1) is 7.18. The molecular weight excluding hydrogens is 218 g/mol. The number of benzene rings is 1. The van der Waals surface area contributed by atoms with E-state index in [0.717, 1.165) is 0 Å². The predicted molar refractivity (Wildman–Crippen MR) is 53.3 cm³/mol. The molecule has 2 rings (SSSR count). The van der Waals surface area contributed by atoms with Crippen LogP contribution in [0.25, 0.3) is 5.69 Å². The maximum atomic E-state index is 10.9. The number of carbonyl (C=O) groups is 1. The van der Waals surface area contributed by atoms with Crippen LogP contribution in [0.3, 0.4) is 0 Å². The van der Waals surface area contributed by atoms with Crippen molar-refractivity contribution < 1.29 is 9.90 Å². The summed E-state index contributed by atoms with van der Waals surface area (Å²) < 4.78 is 1.36. The van der Waals surface area contributed by atoms with Crippen molar-refractivity contribution in [2.24, 2.45) is 0 Å². The third-order valence-electron chi connectivity index (χ3n) is 1.86. The molecule has 0 radical (unpaired) electrons. The van der Waals surface area contributed by atoms with Crippen molar-refractivity contribution in [2.45, 2.75) is 0 Å². The SMILES string of the molecule is O=C(O)c1ccc(Cl)cc1-n1ccnn1. The molecule has 5 nitrogen and oxygen atoms in total. The average Bonchev–Trinajstić information content (AvgIpc) is 2.69. The van der Waals surface area contributed by atoms with Gasteiger partial charge in [0.15, 0.2) is 0 Å². The molecule has 0 amide bonds. The minimum Gasteiger partial charge on any atom is -0.478 e. The van der Waals surface area contributed by atoms with Crippen molar-refractivity contribution in [3.05, 3.63) is 41.2 Å². The van der Waals surface area contributed by atoms with Gasteiger partial charge in [-0.25, -0.2) is 9.48 Å². The van der Waals surface area contributed by atoms with Gasteiger partial charge in [0.25, 0.3) is 0 Å². The number of rotatable bonds is 2. The van der Waals surface area contributed by atoms with Crippen LogP contribution in [0.4, 0.5) is 0 Å². The number of aromatic carboxylic acids is 1. The van der Waals surface area contributed by atoms with Gasteiger partial charge in [0.05, 0.1) is 23.6 Å². The number of nitrogens with zero attached hydrogens (tertiary/aromatic N) is 3. The van der Waals surface area contributed by atoms with Crippen LogP contribution in [0, 0.1) is 0 Å². The molecule has 2 aromatic rings. The topological polar surface area (TPSA) is 68.0 Å². The van der Waals surface area contributed by atoms with Gasteiger partial charge >= 0.3 is 5.97 Å². The zero-order valence-electron chi connectivity index (χ0n) is 7.46. The van der Waals surface area contributed by atoms with Gasteiger partial charge < -0.3 is 5.11 Å². The third-order valence-corrected chi connectivity index (χ3v) is 2.09. The van der Waals surface area contributed by atoms with Gasteiger partial charge in [0.1, 0.15) is 0 Å². The largest absolute Gasteiger partial charge is 0.478 e. The first-order valence-electron chi connectivity index (χ1n) is 4.08. The maximum absolute atomic E-state index is 10.9. The first kappa shape index (κ1) is 9.67. The van der Waals surface area contributed by atoms with Gasteiger partial charge in [-0.1, -0.05) is 16.8 Å². The second-order valence-corrected chi connectivity index (χ2v) is 3.25. The molecule has 1 aromatic heterocycles. The fraction of sp³-hybridized carbons (Fsp3) is 0. The number of aromatic nitrogens is 3. The van der Waals surface area contributed by atoms with Crippen LogP contribution < -0.4 is 0 Å². The molecule has 0 aliphatic heterocycles. The molecule has 0 unspecified atom stereocenters. The summed E-state index contributed by atoms with van der Waals surface area (Å²) in [6.07, 6.45) is 3.02. The van der Waals surface area contributed by atoms with Crippen LogP contribution in [0.1, 0.15) is 10.4 Å². The highest BCUT2D eigenvalue weighted by Crippen LogP contribution is 2.19. The number of hydrogen-bond donors (Lipinski definition) is 1. The van der Waals surface area contributed by atoms with E-state index in [1.165, 1.54) is 29.1 Å². The molecule has 0 atom stereocenters. The fourth-order valence-corrected chi connectivity index (χ4v) is 1.38. The van der Waals surface area contributed by atoms with Crippen molar-refractivity contribution >= 4 is 17.6 Å². The van der Waals surface area contributed by atoms with Gasteiger partial charge in [0.2, 0.25) is 0 Å². The van der Waals surface area contributed by atoms with Crippen LogP contribution in [0.5, 0.6) is 0 Å². The summed E-state index contributed by atoms with van der Waals surface area (Å²) >= 11 is 5.78. The van der Waals surface area contributed by atoms with E-state index in [1.54, 1.807) is 6.20 Å². The summed E-state index contributed by atoms with van der Waals surface area (Å²) in [6, 6.07) is 4.48. The Bertz CT molecular complexity index is 496. The lowest BCUT2D eigenvalue weighted by Crippen LogP contribution is -2.05. The zero-order chi connectivity index (χ0) is 10.8. The Balaban J connectivity index is 2.63. The molecule has 0 bridgehead atoms.